The lowest BCUT2D eigenvalue weighted by Gasteiger charge is -2.41. The van der Waals surface area contributed by atoms with Gasteiger partial charge in [0.2, 0.25) is 0 Å². The summed E-state index contributed by atoms with van der Waals surface area (Å²) in [6.07, 6.45) is 8.77. The molecule has 18 heavy (non-hydrogen) atoms. The number of fused-ring (bicyclic) bond motifs is 1. The highest BCUT2D eigenvalue weighted by molar-refractivity contribution is 4.97. The maximum Gasteiger partial charge on any atom is 0.0252 e. The van der Waals surface area contributed by atoms with Gasteiger partial charge in [0, 0.05) is 25.2 Å². The van der Waals surface area contributed by atoms with Crippen molar-refractivity contribution in [3.8, 4) is 0 Å². The largest absolute Gasteiger partial charge is 0.313 e. The average molecular weight is 250 g/mol. The molecule has 0 aromatic rings. The molecular formula is C16H30N2. The van der Waals surface area contributed by atoms with Crippen LogP contribution in [0, 0.1) is 17.8 Å². The number of hydrogen-bond acceptors (Lipinski definition) is 2. The molecule has 0 radical (unpaired) electrons. The Morgan fingerprint density at radius 1 is 1.06 bits per heavy atom. The third kappa shape index (κ3) is 2.46. The molecule has 2 saturated carbocycles. The van der Waals surface area contributed by atoms with Crippen molar-refractivity contribution in [3.63, 3.8) is 0 Å². The van der Waals surface area contributed by atoms with Gasteiger partial charge in [0.05, 0.1) is 0 Å². The molecular weight excluding hydrogens is 220 g/mol. The van der Waals surface area contributed by atoms with Crippen LogP contribution in [0.15, 0.2) is 0 Å². The van der Waals surface area contributed by atoms with Gasteiger partial charge in [-0.2, -0.15) is 0 Å². The van der Waals surface area contributed by atoms with E-state index in [1.807, 2.05) is 0 Å². The Hall–Kier alpha value is -0.0800. The van der Waals surface area contributed by atoms with Gasteiger partial charge in [0.1, 0.15) is 0 Å². The summed E-state index contributed by atoms with van der Waals surface area (Å²) in [4.78, 5) is 2.86. The van der Waals surface area contributed by atoms with Crippen LogP contribution in [0.2, 0.25) is 0 Å². The summed E-state index contributed by atoms with van der Waals surface area (Å²) in [5.41, 5.74) is 0. The van der Waals surface area contributed by atoms with Crippen LogP contribution in [0.5, 0.6) is 0 Å². The normalized spacial score (nSPS) is 45.3. The molecule has 5 atom stereocenters. The zero-order chi connectivity index (χ0) is 12.5. The summed E-state index contributed by atoms with van der Waals surface area (Å²) < 4.78 is 0. The Kier molecular flexibility index (Phi) is 3.95. The number of likely N-dealkylation sites (N-methyl/N-ethyl adjacent to an activating group) is 1. The van der Waals surface area contributed by atoms with Crippen LogP contribution >= 0.6 is 0 Å². The van der Waals surface area contributed by atoms with Gasteiger partial charge in [-0.1, -0.05) is 20.3 Å². The van der Waals surface area contributed by atoms with Crippen molar-refractivity contribution < 1.29 is 0 Å². The summed E-state index contributed by atoms with van der Waals surface area (Å²) in [7, 11) is 0. The van der Waals surface area contributed by atoms with Crippen LogP contribution in [0.1, 0.15) is 52.4 Å². The molecule has 0 aromatic heterocycles. The van der Waals surface area contributed by atoms with Crippen molar-refractivity contribution in [1.82, 2.24) is 10.2 Å². The quantitative estimate of drug-likeness (QED) is 0.828. The number of rotatable bonds is 3. The first-order valence-corrected chi connectivity index (χ1v) is 8.25. The van der Waals surface area contributed by atoms with Gasteiger partial charge in [0.25, 0.3) is 0 Å². The molecule has 5 unspecified atom stereocenters. The summed E-state index contributed by atoms with van der Waals surface area (Å²) in [5.74, 6) is 3.03. The molecule has 0 amide bonds. The van der Waals surface area contributed by atoms with E-state index in [1.54, 1.807) is 0 Å². The highest BCUT2D eigenvalue weighted by atomic mass is 15.2. The summed E-state index contributed by atoms with van der Waals surface area (Å²) in [6, 6.07) is 1.60. The van der Waals surface area contributed by atoms with E-state index in [9.17, 15) is 0 Å². The average Bonchev–Trinajstić information content (AvgIpc) is 2.92. The molecule has 3 aliphatic rings. The predicted octanol–water partition coefficient (Wildman–Crippen LogP) is 2.89. The third-order valence-electron chi connectivity index (χ3n) is 5.77. The van der Waals surface area contributed by atoms with Crippen LogP contribution < -0.4 is 5.32 Å². The monoisotopic (exact) mass is 250 g/mol. The number of nitrogens with zero attached hydrogens (tertiary/aromatic N) is 1. The third-order valence-corrected chi connectivity index (χ3v) is 5.77. The van der Waals surface area contributed by atoms with Crippen molar-refractivity contribution in [1.29, 1.82) is 0 Å². The highest BCUT2D eigenvalue weighted by Gasteiger charge is 2.41. The SMILES string of the molecule is CCNC1CCC(C)CC1N1CC2CCCC2C1. The van der Waals surface area contributed by atoms with Gasteiger partial charge in [-0.15, -0.1) is 0 Å². The molecule has 2 nitrogen and oxygen atoms in total. The van der Waals surface area contributed by atoms with Crippen LogP contribution in [0.4, 0.5) is 0 Å². The fourth-order valence-electron chi connectivity index (χ4n) is 4.80. The number of hydrogen-bond donors (Lipinski definition) is 1. The fraction of sp³-hybridized carbons (Fsp3) is 1.00. The molecule has 1 N–H and O–H groups in total. The lowest BCUT2D eigenvalue weighted by Crippen LogP contribution is -2.52. The molecule has 0 spiro atoms. The second-order valence-electron chi connectivity index (χ2n) is 7.05. The predicted molar refractivity (Wildman–Crippen MR) is 76.7 cm³/mol. The molecule has 2 aliphatic carbocycles. The summed E-state index contributed by atoms with van der Waals surface area (Å²) >= 11 is 0. The Morgan fingerprint density at radius 3 is 2.44 bits per heavy atom. The molecule has 3 rings (SSSR count). The Morgan fingerprint density at radius 2 is 1.78 bits per heavy atom. The second-order valence-corrected chi connectivity index (χ2v) is 7.05. The maximum absolute atomic E-state index is 3.76. The van der Waals surface area contributed by atoms with Gasteiger partial charge in [-0.25, -0.2) is 0 Å². The van der Waals surface area contributed by atoms with Crippen molar-refractivity contribution >= 4 is 0 Å². The zero-order valence-corrected chi connectivity index (χ0v) is 12.2. The molecule has 1 aliphatic heterocycles. The van der Waals surface area contributed by atoms with Crippen molar-refractivity contribution in [2.75, 3.05) is 19.6 Å². The van der Waals surface area contributed by atoms with E-state index in [0.29, 0.717) is 0 Å². The van der Waals surface area contributed by atoms with Crippen LogP contribution in [-0.2, 0) is 0 Å². The van der Waals surface area contributed by atoms with Crippen molar-refractivity contribution in [2.45, 2.75) is 64.5 Å². The minimum absolute atomic E-state index is 0.769. The lowest BCUT2D eigenvalue weighted by atomic mass is 9.82. The van der Waals surface area contributed by atoms with E-state index in [1.165, 1.54) is 51.6 Å². The minimum Gasteiger partial charge on any atom is -0.313 e. The molecule has 0 bridgehead atoms. The van der Waals surface area contributed by atoms with Gasteiger partial charge in [-0.3, -0.25) is 4.90 Å². The molecule has 1 heterocycles. The fourth-order valence-corrected chi connectivity index (χ4v) is 4.80. The number of nitrogens with one attached hydrogen (secondary N) is 1. The van der Waals surface area contributed by atoms with E-state index in [-0.39, 0.29) is 0 Å². The summed E-state index contributed by atoms with van der Waals surface area (Å²) in [5, 5.41) is 3.76. The second kappa shape index (κ2) is 5.50. The topological polar surface area (TPSA) is 15.3 Å². The first-order valence-electron chi connectivity index (χ1n) is 8.25. The summed E-state index contributed by atoms with van der Waals surface area (Å²) in [6.45, 7) is 8.66. The van der Waals surface area contributed by atoms with Crippen LogP contribution in [-0.4, -0.2) is 36.6 Å². The molecule has 1 saturated heterocycles. The first-order chi connectivity index (χ1) is 8.78. The van der Waals surface area contributed by atoms with Crippen molar-refractivity contribution in [2.24, 2.45) is 17.8 Å². The number of likely N-dealkylation sites (tertiary alicyclic amines) is 1. The van der Waals surface area contributed by atoms with E-state index >= 15 is 0 Å². The van der Waals surface area contributed by atoms with E-state index in [4.69, 9.17) is 0 Å². The first kappa shape index (κ1) is 12.9. The lowest BCUT2D eigenvalue weighted by molar-refractivity contribution is 0.116. The zero-order valence-electron chi connectivity index (χ0n) is 12.2. The van der Waals surface area contributed by atoms with E-state index in [0.717, 1.165) is 36.4 Å². The minimum atomic E-state index is 0.769. The van der Waals surface area contributed by atoms with Crippen LogP contribution in [0.3, 0.4) is 0 Å². The molecule has 3 fully saturated rings. The smallest absolute Gasteiger partial charge is 0.0252 e. The standard InChI is InChI=1S/C16H30N2/c1-3-17-15-8-7-12(2)9-16(15)18-10-13-5-4-6-14(13)11-18/h12-17H,3-11H2,1-2H3. The highest BCUT2D eigenvalue weighted by Crippen LogP contribution is 2.40. The molecule has 104 valence electrons. The van der Waals surface area contributed by atoms with Gasteiger partial charge in [0.15, 0.2) is 0 Å². The van der Waals surface area contributed by atoms with Crippen LogP contribution in [0.25, 0.3) is 0 Å². The maximum atomic E-state index is 3.76. The Bertz CT molecular complexity index is 266. The van der Waals surface area contributed by atoms with Gasteiger partial charge < -0.3 is 5.32 Å². The molecule has 0 aromatic carbocycles. The van der Waals surface area contributed by atoms with Crippen molar-refractivity contribution in [3.05, 3.63) is 0 Å². The Balaban J connectivity index is 1.64. The van der Waals surface area contributed by atoms with Gasteiger partial charge >= 0.3 is 0 Å². The Labute approximate surface area is 113 Å². The van der Waals surface area contributed by atoms with E-state index < -0.39 is 0 Å². The molecule has 2 heteroatoms. The van der Waals surface area contributed by atoms with E-state index in [2.05, 4.69) is 24.1 Å². The van der Waals surface area contributed by atoms with Gasteiger partial charge in [-0.05, 0) is 56.4 Å².